The number of carboxylic acids is 1. The fourth-order valence-corrected chi connectivity index (χ4v) is 4.54. The first-order valence-corrected chi connectivity index (χ1v) is 9.50. The second kappa shape index (κ2) is 7.25. The van der Waals surface area contributed by atoms with Crippen molar-refractivity contribution in [2.24, 2.45) is 11.8 Å². The van der Waals surface area contributed by atoms with Gasteiger partial charge in [-0.1, -0.05) is 19.8 Å². The van der Waals surface area contributed by atoms with Gasteiger partial charge in [-0.25, -0.2) is 4.79 Å². The minimum atomic E-state index is -0.852. The largest absolute Gasteiger partial charge is 0.481 e. The van der Waals surface area contributed by atoms with E-state index in [4.69, 9.17) is 5.11 Å². The van der Waals surface area contributed by atoms with Gasteiger partial charge < -0.3 is 15.7 Å². The van der Waals surface area contributed by atoms with Crippen molar-refractivity contribution < 1.29 is 24.3 Å². The van der Waals surface area contributed by atoms with Crippen LogP contribution in [-0.2, 0) is 14.4 Å². The zero-order chi connectivity index (χ0) is 18.9. The summed E-state index contributed by atoms with van der Waals surface area (Å²) in [4.78, 5) is 49.5. The van der Waals surface area contributed by atoms with Crippen molar-refractivity contribution in [2.45, 2.75) is 69.9 Å². The third-order valence-corrected chi connectivity index (χ3v) is 6.24. The first-order chi connectivity index (χ1) is 12.3. The molecule has 2 saturated carbocycles. The normalized spacial score (nSPS) is 34.7. The Morgan fingerprint density at radius 2 is 1.88 bits per heavy atom. The molecule has 2 unspecified atom stereocenters. The number of carbonyl (C=O) groups is 4. The minimum Gasteiger partial charge on any atom is -0.481 e. The van der Waals surface area contributed by atoms with Crippen LogP contribution in [-0.4, -0.2) is 51.9 Å². The number of hydrogen-bond acceptors (Lipinski definition) is 4. The van der Waals surface area contributed by atoms with Crippen molar-refractivity contribution in [3.05, 3.63) is 0 Å². The zero-order valence-corrected chi connectivity index (χ0v) is 15.1. The third kappa shape index (κ3) is 3.41. The molecule has 1 heterocycles. The predicted octanol–water partition coefficient (Wildman–Crippen LogP) is 1.25. The molecule has 0 aromatic heterocycles. The highest BCUT2D eigenvalue weighted by Crippen LogP contribution is 2.38. The maximum atomic E-state index is 12.8. The Morgan fingerprint density at radius 3 is 2.50 bits per heavy atom. The molecule has 3 rings (SSSR count). The first-order valence-electron chi connectivity index (χ1n) is 9.50. The second-order valence-corrected chi connectivity index (χ2v) is 7.89. The topological polar surface area (TPSA) is 116 Å². The van der Waals surface area contributed by atoms with Crippen molar-refractivity contribution >= 4 is 23.8 Å². The van der Waals surface area contributed by atoms with Gasteiger partial charge in [0.2, 0.25) is 5.91 Å². The number of carbonyl (C=O) groups excluding carboxylic acids is 3. The molecule has 2 atom stereocenters. The summed E-state index contributed by atoms with van der Waals surface area (Å²) in [6, 6.07) is -0.588. The number of hydrogen-bond donors (Lipinski definition) is 3. The molecule has 3 N–H and O–H groups in total. The van der Waals surface area contributed by atoms with Crippen molar-refractivity contribution in [1.29, 1.82) is 0 Å². The van der Waals surface area contributed by atoms with Crippen molar-refractivity contribution in [1.82, 2.24) is 15.5 Å². The predicted molar refractivity (Wildman–Crippen MR) is 92.1 cm³/mol. The zero-order valence-electron chi connectivity index (χ0n) is 15.1. The SMILES string of the molecule is CC1CCCCC12NC(=O)N(CC(=O)NC1CCC(C(=O)O)CC1)C2=O. The molecular weight excluding hydrogens is 338 g/mol. The first kappa shape index (κ1) is 18.7. The molecule has 3 fully saturated rings. The number of nitrogens with one attached hydrogen (secondary N) is 2. The van der Waals surface area contributed by atoms with Crippen LogP contribution in [0.25, 0.3) is 0 Å². The standard InChI is InChI=1S/C18H27N3O5/c1-11-4-2-3-9-18(11)16(25)21(17(26)20-18)10-14(22)19-13-7-5-12(6-8-13)15(23)24/h11-13H,2-10H2,1H3,(H,19,22)(H,20,26)(H,23,24). The summed E-state index contributed by atoms with van der Waals surface area (Å²) in [6.45, 7) is 1.69. The maximum Gasteiger partial charge on any atom is 0.325 e. The Hall–Kier alpha value is -2.12. The Labute approximate surface area is 152 Å². The Balaban J connectivity index is 1.55. The van der Waals surface area contributed by atoms with Crippen LogP contribution in [0.2, 0.25) is 0 Å². The molecule has 0 radical (unpaired) electrons. The van der Waals surface area contributed by atoms with Crippen molar-refractivity contribution in [3.63, 3.8) is 0 Å². The molecule has 1 spiro atoms. The second-order valence-electron chi connectivity index (χ2n) is 7.89. The van der Waals surface area contributed by atoms with E-state index >= 15 is 0 Å². The monoisotopic (exact) mass is 365 g/mol. The van der Waals surface area contributed by atoms with Gasteiger partial charge in [-0.2, -0.15) is 0 Å². The minimum absolute atomic E-state index is 0.0621. The highest BCUT2D eigenvalue weighted by atomic mass is 16.4. The lowest BCUT2D eigenvalue weighted by Gasteiger charge is -2.36. The molecule has 26 heavy (non-hydrogen) atoms. The molecule has 144 valence electrons. The molecule has 8 nitrogen and oxygen atoms in total. The quantitative estimate of drug-likeness (QED) is 0.649. The lowest BCUT2D eigenvalue weighted by Crippen LogP contribution is -2.54. The number of nitrogens with zero attached hydrogens (tertiary/aromatic N) is 1. The van der Waals surface area contributed by atoms with Gasteiger partial charge in [-0.3, -0.25) is 19.3 Å². The lowest BCUT2D eigenvalue weighted by molar-refractivity contribution is -0.143. The third-order valence-electron chi connectivity index (χ3n) is 6.24. The summed E-state index contributed by atoms with van der Waals surface area (Å²) in [5.41, 5.74) is -0.852. The number of imide groups is 1. The van der Waals surface area contributed by atoms with Gasteiger partial charge in [0.1, 0.15) is 12.1 Å². The van der Waals surface area contributed by atoms with Crippen LogP contribution < -0.4 is 10.6 Å². The van der Waals surface area contributed by atoms with Crippen LogP contribution in [0.1, 0.15) is 58.3 Å². The number of amides is 4. The van der Waals surface area contributed by atoms with Gasteiger partial charge in [-0.15, -0.1) is 0 Å². The van der Waals surface area contributed by atoms with E-state index < -0.39 is 17.5 Å². The summed E-state index contributed by atoms with van der Waals surface area (Å²) in [5.74, 6) is -1.73. The summed E-state index contributed by atoms with van der Waals surface area (Å²) >= 11 is 0. The van der Waals surface area contributed by atoms with Crippen molar-refractivity contribution in [3.8, 4) is 0 Å². The number of aliphatic carboxylic acids is 1. The lowest BCUT2D eigenvalue weighted by atomic mass is 9.73. The highest BCUT2D eigenvalue weighted by Gasteiger charge is 2.55. The summed E-state index contributed by atoms with van der Waals surface area (Å²) < 4.78 is 0. The van der Waals surface area contributed by atoms with Crippen LogP contribution in [0.5, 0.6) is 0 Å². The number of rotatable bonds is 4. The van der Waals surface area contributed by atoms with Crippen molar-refractivity contribution in [2.75, 3.05) is 6.54 Å². The fraction of sp³-hybridized carbons (Fsp3) is 0.778. The Bertz CT molecular complexity index is 614. The van der Waals surface area contributed by atoms with E-state index in [0.717, 1.165) is 24.2 Å². The van der Waals surface area contributed by atoms with E-state index in [9.17, 15) is 19.2 Å². The molecule has 0 aromatic rings. The average Bonchev–Trinajstić information content (AvgIpc) is 2.83. The molecule has 1 aliphatic heterocycles. The fourth-order valence-electron chi connectivity index (χ4n) is 4.54. The van der Waals surface area contributed by atoms with Crippen LogP contribution in [0.4, 0.5) is 4.79 Å². The van der Waals surface area contributed by atoms with E-state index in [0.29, 0.717) is 32.1 Å². The van der Waals surface area contributed by atoms with E-state index in [2.05, 4.69) is 10.6 Å². The molecular formula is C18H27N3O5. The average molecular weight is 365 g/mol. The van der Waals surface area contributed by atoms with Gasteiger partial charge >= 0.3 is 12.0 Å². The molecule has 2 aliphatic carbocycles. The van der Waals surface area contributed by atoms with E-state index in [-0.39, 0.29) is 36.2 Å². The summed E-state index contributed by atoms with van der Waals surface area (Å²) in [5, 5.41) is 14.7. The summed E-state index contributed by atoms with van der Waals surface area (Å²) in [7, 11) is 0. The van der Waals surface area contributed by atoms with E-state index in [1.165, 1.54) is 0 Å². The highest BCUT2D eigenvalue weighted by molar-refractivity contribution is 6.09. The molecule has 3 aliphatic rings. The van der Waals surface area contributed by atoms with Crippen LogP contribution in [0, 0.1) is 11.8 Å². The van der Waals surface area contributed by atoms with Gasteiger partial charge in [0.15, 0.2) is 0 Å². The van der Waals surface area contributed by atoms with Gasteiger partial charge in [0.05, 0.1) is 5.92 Å². The van der Waals surface area contributed by atoms with Gasteiger partial charge in [0.25, 0.3) is 5.91 Å². The Kier molecular flexibility index (Phi) is 5.20. The molecule has 0 aromatic carbocycles. The van der Waals surface area contributed by atoms with Crippen LogP contribution >= 0.6 is 0 Å². The Morgan fingerprint density at radius 1 is 1.19 bits per heavy atom. The summed E-state index contributed by atoms with van der Waals surface area (Å²) in [6.07, 6.45) is 5.71. The van der Waals surface area contributed by atoms with E-state index in [1.807, 2.05) is 6.92 Å². The molecule has 0 bridgehead atoms. The molecule has 8 heteroatoms. The van der Waals surface area contributed by atoms with Gasteiger partial charge in [0, 0.05) is 6.04 Å². The van der Waals surface area contributed by atoms with Crippen LogP contribution in [0.15, 0.2) is 0 Å². The smallest absolute Gasteiger partial charge is 0.325 e. The number of urea groups is 1. The number of carboxylic acid groups (broad SMARTS) is 1. The molecule has 1 saturated heterocycles. The molecule has 4 amide bonds. The van der Waals surface area contributed by atoms with Gasteiger partial charge in [-0.05, 0) is 44.4 Å². The van der Waals surface area contributed by atoms with E-state index in [1.54, 1.807) is 0 Å². The maximum absolute atomic E-state index is 12.8. The van der Waals surface area contributed by atoms with Crippen LogP contribution in [0.3, 0.4) is 0 Å².